The Labute approximate surface area is 208 Å². The molecule has 0 saturated carbocycles. The van der Waals surface area contributed by atoms with E-state index in [0.29, 0.717) is 24.7 Å². The van der Waals surface area contributed by atoms with Gasteiger partial charge in [0.25, 0.3) is 0 Å². The Balaban J connectivity index is 0.00000306. The van der Waals surface area contributed by atoms with Crippen molar-refractivity contribution in [1.29, 1.82) is 0 Å². The minimum atomic E-state index is -2.85. The largest absolute Gasteiger partial charge is 0.433 e. The first kappa shape index (κ1) is 24.7. The van der Waals surface area contributed by atoms with E-state index in [2.05, 4.69) is 30.6 Å². The van der Waals surface area contributed by atoms with Crippen molar-refractivity contribution in [2.75, 3.05) is 25.0 Å². The highest BCUT2D eigenvalue weighted by Crippen LogP contribution is 2.31. The highest BCUT2D eigenvalue weighted by Gasteiger charge is 2.26. The second kappa shape index (κ2) is 11.8. The molecule has 1 atom stereocenters. The Morgan fingerprint density at radius 3 is 2.70 bits per heavy atom. The standard InChI is InChI=1S/C22H25F2N7O.HI/c1-25-22(26-13-20-29-27-15-31(20)17-7-3-2-4-8-17)28-16-11-12-30(14-16)18-9-5-6-10-19(18)32-21(23)24;/h2-10,15-16,21H,11-14H2,1H3,(H2,25,26,28);1H. The second-order valence-electron chi connectivity index (χ2n) is 7.30. The number of halogens is 3. The molecule has 8 nitrogen and oxygen atoms in total. The number of hydrogen-bond donors (Lipinski definition) is 2. The van der Waals surface area contributed by atoms with Gasteiger partial charge in [-0.3, -0.25) is 9.56 Å². The molecule has 3 aromatic rings. The lowest BCUT2D eigenvalue weighted by Gasteiger charge is -2.22. The van der Waals surface area contributed by atoms with Gasteiger partial charge in [-0.25, -0.2) is 0 Å². The molecule has 0 bridgehead atoms. The summed E-state index contributed by atoms with van der Waals surface area (Å²) < 4.78 is 32.1. The lowest BCUT2D eigenvalue weighted by Crippen LogP contribution is -2.44. The van der Waals surface area contributed by atoms with Gasteiger partial charge in [0.15, 0.2) is 11.8 Å². The van der Waals surface area contributed by atoms with Crippen LogP contribution in [0.5, 0.6) is 5.75 Å². The summed E-state index contributed by atoms with van der Waals surface area (Å²) in [4.78, 5) is 6.34. The van der Waals surface area contributed by atoms with Crippen LogP contribution in [-0.2, 0) is 6.54 Å². The highest BCUT2D eigenvalue weighted by molar-refractivity contribution is 14.0. The number of hydrogen-bond acceptors (Lipinski definition) is 5. The van der Waals surface area contributed by atoms with Crippen LogP contribution < -0.4 is 20.3 Å². The summed E-state index contributed by atoms with van der Waals surface area (Å²) in [7, 11) is 1.70. The Hall–Kier alpha value is -2.96. The molecule has 1 aromatic heterocycles. The minimum absolute atomic E-state index is 0. The van der Waals surface area contributed by atoms with E-state index >= 15 is 0 Å². The number of guanidine groups is 1. The van der Waals surface area contributed by atoms with E-state index in [1.54, 1.807) is 31.6 Å². The van der Waals surface area contributed by atoms with Crippen LogP contribution in [0, 0.1) is 0 Å². The van der Waals surface area contributed by atoms with Crippen molar-refractivity contribution in [2.24, 2.45) is 4.99 Å². The van der Waals surface area contributed by atoms with Crippen molar-refractivity contribution in [3.8, 4) is 11.4 Å². The molecule has 0 radical (unpaired) electrons. The summed E-state index contributed by atoms with van der Waals surface area (Å²) in [5.41, 5.74) is 1.64. The fourth-order valence-electron chi connectivity index (χ4n) is 3.75. The third kappa shape index (κ3) is 6.30. The number of nitrogens with one attached hydrogen (secondary N) is 2. The lowest BCUT2D eigenvalue weighted by molar-refractivity contribution is -0.0495. The van der Waals surface area contributed by atoms with E-state index in [1.165, 1.54) is 0 Å². The van der Waals surface area contributed by atoms with Gasteiger partial charge in [-0.05, 0) is 30.7 Å². The van der Waals surface area contributed by atoms with Gasteiger partial charge < -0.3 is 20.3 Å². The van der Waals surface area contributed by atoms with Crippen LogP contribution in [0.2, 0.25) is 0 Å². The number of rotatable bonds is 7. The zero-order valence-corrected chi connectivity index (χ0v) is 20.4. The molecule has 0 aliphatic carbocycles. The first-order valence-electron chi connectivity index (χ1n) is 10.3. The maximum Gasteiger partial charge on any atom is 0.387 e. The van der Waals surface area contributed by atoms with Gasteiger partial charge in [0.2, 0.25) is 0 Å². The molecule has 2 N–H and O–H groups in total. The monoisotopic (exact) mass is 569 g/mol. The maximum atomic E-state index is 12.7. The van der Waals surface area contributed by atoms with Crippen molar-refractivity contribution in [3.05, 3.63) is 66.7 Å². The van der Waals surface area contributed by atoms with Crippen molar-refractivity contribution < 1.29 is 13.5 Å². The van der Waals surface area contributed by atoms with Gasteiger partial charge in [0.05, 0.1) is 12.2 Å². The summed E-state index contributed by atoms with van der Waals surface area (Å²) in [6, 6.07) is 16.8. The molecule has 0 spiro atoms. The SMILES string of the molecule is CN=C(NCc1nncn1-c1ccccc1)NC1CCN(c2ccccc2OC(F)F)C1.I. The molecule has 2 aromatic carbocycles. The molecule has 176 valence electrons. The number of aromatic nitrogens is 3. The van der Waals surface area contributed by atoms with E-state index in [-0.39, 0.29) is 35.8 Å². The second-order valence-corrected chi connectivity index (χ2v) is 7.30. The van der Waals surface area contributed by atoms with Gasteiger partial charge >= 0.3 is 6.61 Å². The molecule has 1 unspecified atom stereocenters. The number of nitrogens with zero attached hydrogens (tertiary/aromatic N) is 5. The Morgan fingerprint density at radius 2 is 1.94 bits per heavy atom. The van der Waals surface area contributed by atoms with Crippen molar-refractivity contribution in [1.82, 2.24) is 25.4 Å². The van der Waals surface area contributed by atoms with Crippen molar-refractivity contribution in [3.63, 3.8) is 0 Å². The van der Waals surface area contributed by atoms with Gasteiger partial charge in [0, 0.05) is 31.9 Å². The molecular weight excluding hydrogens is 543 g/mol. The van der Waals surface area contributed by atoms with Gasteiger partial charge in [0.1, 0.15) is 12.1 Å². The maximum absolute atomic E-state index is 12.7. The third-order valence-electron chi connectivity index (χ3n) is 5.24. The predicted molar refractivity (Wildman–Crippen MR) is 134 cm³/mol. The van der Waals surface area contributed by atoms with Crippen LogP contribution in [0.3, 0.4) is 0 Å². The average Bonchev–Trinajstić information content (AvgIpc) is 3.47. The average molecular weight is 569 g/mol. The molecule has 1 aliphatic heterocycles. The van der Waals surface area contributed by atoms with Crippen LogP contribution in [0.15, 0.2) is 65.9 Å². The van der Waals surface area contributed by atoms with Crippen LogP contribution in [0.25, 0.3) is 5.69 Å². The first-order valence-corrected chi connectivity index (χ1v) is 10.3. The summed E-state index contributed by atoms with van der Waals surface area (Å²) in [6.07, 6.45) is 2.51. The smallest absolute Gasteiger partial charge is 0.387 e. The van der Waals surface area contributed by atoms with Gasteiger partial charge in [-0.2, -0.15) is 8.78 Å². The van der Waals surface area contributed by atoms with Crippen molar-refractivity contribution in [2.45, 2.75) is 25.6 Å². The summed E-state index contributed by atoms with van der Waals surface area (Å²) in [5.74, 6) is 1.58. The van der Waals surface area contributed by atoms with Gasteiger partial charge in [-0.15, -0.1) is 34.2 Å². The third-order valence-corrected chi connectivity index (χ3v) is 5.24. The molecule has 4 rings (SSSR count). The number of anilines is 1. The van der Waals surface area contributed by atoms with E-state index in [0.717, 1.165) is 24.5 Å². The molecule has 33 heavy (non-hydrogen) atoms. The number of para-hydroxylation sites is 3. The van der Waals surface area contributed by atoms with Crippen LogP contribution >= 0.6 is 24.0 Å². The number of benzene rings is 2. The van der Waals surface area contributed by atoms with Gasteiger partial charge in [-0.1, -0.05) is 30.3 Å². The van der Waals surface area contributed by atoms with Crippen LogP contribution in [0.1, 0.15) is 12.2 Å². The predicted octanol–water partition coefficient (Wildman–Crippen LogP) is 3.43. The van der Waals surface area contributed by atoms with E-state index in [9.17, 15) is 8.78 Å². The Morgan fingerprint density at radius 1 is 1.18 bits per heavy atom. The Kier molecular flexibility index (Phi) is 8.80. The highest BCUT2D eigenvalue weighted by atomic mass is 127. The molecular formula is C22H26F2IN7O. The van der Waals surface area contributed by atoms with E-state index < -0.39 is 6.61 Å². The molecule has 1 aliphatic rings. The molecule has 11 heteroatoms. The zero-order valence-electron chi connectivity index (χ0n) is 18.1. The number of ether oxygens (including phenoxy) is 1. The summed E-state index contributed by atoms with van der Waals surface area (Å²) in [5, 5.41) is 14.9. The molecule has 0 amide bonds. The quantitative estimate of drug-likeness (QED) is 0.258. The Bertz CT molecular complexity index is 1050. The van der Waals surface area contributed by atoms with E-state index in [4.69, 9.17) is 0 Å². The normalized spacial score (nSPS) is 15.9. The fourth-order valence-corrected chi connectivity index (χ4v) is 3.75. The lowest BCUT2D eigenvalue weighted by atomic mass is 10.2. The summed E-state index contributed by atoms with van der Waals surface area (Å²) >= 11 is 0. The topological polar surface area (TPSA) is 79.6 Å². The van der Waals surface area contributed by atoms with E-state index in [1.807, 2.05) is 45.9 Å². The zero-order chi connectivity index (χ0) is 22.3. The number of alkyl halides is 2. The van der Waals surface area contributed by atoms with Crippen molar-refractivity contribution >= 4 is 35.6 Å². The minimum Gasteiger partial charge on any atom is -0.433 e. The van der Waals surface area contributed by atoms with Crippen LogP contribution in [0.4, 0.5) is 14.5 Å². The van der Waals surface area contributed by atoms with Crippen LogP contribution in [-0.4, -0.2) is 53.5 Å². The molecule has 2 heterocycles. The first-order chi connectivity index (χ1) is 15.6. The number of aliphatic imine (C=N–C) groups is 1. The fraction of sp³-hybridized carbons (Fsp3) is 0.318. The molecule has 1 fully saturated rings. The molecule has 1 saturated heterocycles. The summed E-state index contributed by atoms with van der Waals surface area (Å²) in [6.45, 7) is -1.05.